The summed E-state index contributed by atoms with van der Waals surface area (Å²) < 4.78 is 2.40. The number of pyridine rings is 1. The molecule has 2 aliphatic carbocycles. The Morgan fingerprint density at radius 1 is 0.640 bits per heavy atom. The van der Waals surface area contributed by atoms with Crippen LogP contribution in [0.1, 0.15) is 47.8 Å². The minimum Gasteiger partial charge on any atom is -0.337 e. The number of hydrogen-bond acceptors (Lipinski definition) is 2. The van der Waals surface area contributed by atoms with Crippen LogP contribution in [0, 0.1) is 0 Å². The van der Waals surface area contributed by atoms with E-state index in [0.29, 0.717) is 17.9 Å². The van der Waals surface area contributed by atoms with Crippen LogP contribution in [0.5, 0.6) is 0 Å². The van der Waals surface area contributed by atoms with E-state index in [1.54, 1.807) is 0 Å². The molecule has 0 fully saturated rings. The standard InChI is InChI=1S/C47H37N3/c1-4-14-32(15-5-1)36-28-42(33-16-6-2-7-17-33)48-47(31-36)50-44-23-13-11-21-39(44)41-27-25-35(30-46(41)50)34-24-26-40-38-20-10-12-22-43(38)49(45(40)29-34)37-18-8-3-9-19-37/h1-4,6-14,16-28,30-31,34,40,45H,5,15,29H2. The summed E-state index contributed by atoms with van der Waals surface area (Å²) in [6.07, 6.45) is 14.8. The Morgan fingerprint density at radius 2 is 1.42 bits per heavy atom. The highest BCUT2D eigenvalue weighted by atomic mass is 15.2. The van der Waals surface area contributed by atoms with Gasteiger partial charge in [-0.3, -0.25) is 4.57 Å². The maximum atomic E-state index is 5.39. The van der Waals surface area contributed by atoms with Crippen molar-refractivity contribution in [2.24, 2.45) is 0 Å². The van der Waals surface area contributed by atoms with Gasteiger partial charge in [-0.1, -0.05) is 127 Å². The molecule has 0 amide bonds. The molecule has 10 rings (SSSR count). The molecule has 50 heavy (non-hydrogen) atoms. The molecule has 2 aromatic heterocycles. The van der Waals surface area contributed by atoms with Gasteiger partial charge in [-0.2, -0.15) is 0 Å². The van der Waals surface area contributed by atoms with E-state index in [2.05, 4.69) is 179 Å². The summed E-state index contributed by atoms with van der Waals surface area (Å²) in [6.45, 7) is 0. The van der Waals surface area contributed by atoms with Crippen molar-refractivity contribution < 1.29 is 0 Å². The zero-order valence-electron chi connectivity index (χ0n) is 27.9. The number of aromatic nitrogens is 2. The molecule has 0 spiro atoms. The van der Waals surface area contributed by atoms with Crippen molar-refractivity contribution in [1.82, 2.24) is 9.55 Å². The SMILES string of the molecule is C1=CCCC(c2cc(-c3ccccc3)nc(-n3c4ccccc4c4ccc(C5C=CC6c7ccccc7N(c7ccccc7)C6C5)cc43)c2)=C1. The van der Waals surface area contributed by atoms with Gasteiger partial charge in [-0.25, -0.2) is 4.98 Å². The molecule has 0 bridgehead atoms. The zero-order chi connectivity index (χ0) is 33.0. The van der Waals surface area contributed by atoms with E-state index in [1.165, 1.54) is 55.4 Å². The van der Waals surface area contributed by atoms with Crippen LogP contribution in [0.4, 0.5) is 11.4 Å². The lowest BCUT2D eigenvalue weighted by Crippen LogP contribution is -2.33. The summed E-state index contributed by atoms with van der Waals surface area (Å²) in [6, 6.07) is 51.4. The van der Waals surface area contributed by atoms with Crippen molar-refractivity contribution in [3.8, 4) is 17.1 Å². The quantitative estimate of drug-likeness (QED) is 0.174. The third-order valence-electron chi connectivity index (χ3n) is 11.0. The minimum atomic E-state index is 0.297. The van der Waals surface area contributed by atoms with Crippen molar-refractivity contribution in [3.63, 3.8) is 0 Å². The van der Waals surface area contributed by atoms with E-state index < -0.39 is 0 Å². The smallest absolute Gasteiger partial charge is 0.138 e. The second-order valence-electron chi connectivity index (χ2n) is 13.8. The lowest BCUT2D eigenvalue weighted by Gasteiger charge is -2.34. The van der Waals surface area contributed by atoms with Crippen LogP contribution < -0.4 is 4.90 Å². The van der Waals surface area contributed by atoms with Crippen molar-refractivity contribution >= 4 is 38.8 Å². The molecular formula is C47H37N3. The van der Waals surface area contributed by atoms with Crippen LogP contribution in [-0.2, 0) is 0 Å². The molecule has 3 atom stereocenters. The molecule has 5 aromatic carbocycles. The van der Waals surface area contributed by atoms with Gasteiger partial charge in [-0.15, -0.1) is 0 Å². The highest BCUT2D eigenvalue weighted by Gasteiger charge is 2.41. The van der Waals surface area contributed by atoms with E-state index in [1.807, 2.05) is 0 Å². The Balaban J connectivity index is 1.12. The number of rotatable bonds is 5. The molecular weight excluding hydrogens is 607 g/mol. The third kappa shape index (κ3) is 4.76. The summed E-state index contributed by atoms with van der Waals surface area (Å²) >= 11 is 0. The van der Waals surface area contributed by atoms with Gasteiger partial charge in [0, 0.05) is 45.6 Å². The van der Waals surface area contributed by atoms with E-state index in [9.17, 15) is 0 Å². The van der Waals surface area contributed by atoms with Gasteiger partial charge in [0.2, 0.25) is 0 Å². The summed E-state index contributed by atoms with van der Waals surface area (Å²) in [5, 5.41) is 2.51. The van der Waals surface area contributed by atoms with Crippen LogP contribution >= 0.6 is 0 Å². The first kappa shape index (κ1) is 29.0. The largest absolute Gasteiger partial charge is 0.337 e. The molecule has 0 N–H and O–H groups in total. The number of hydrogen-bond donors (Lipinski definition) is 0. The summed E-state index contributed by atoms with van der Waals surface area (Å²) in [7, 11) is 0. The average molecular weight is 644 g/mol. The van der Waals surface area contributed by atoms with Gasteiger partial charge in [-0.05, 0) is 84.0 Å². The monoisotopic (exact) mass is 643 g/mol. The van der Waals surface area contributed by atoms with Gasteiger partial charge in [0.25, 0.3) is 0 Å². The number of anilines is 2. The molecule has 0 saturated carbocycles. The van der Waals surface area contributed by atoms with Crippen LogP contribution in [0.3, 0.4) is 0 Å². The Bertz CT molecular complexity index is 2480. The average Bonchev–Trinajstić information content (AvgIpc) is 3.71. The van der Waals surface area contributed by atoms with Crippen molar-refractivity contribution in [2.75, 3.05) is 4.90 Å². The maximum absolute atomic E-state index is 5.39. The molecule has 3 heteroatoms. The molecule has 1 aliphatic heterocycles. The first-order valence-electron chi connectivity index (χ1n) is 17.9. The fourth-order valence-electron chi connectivity index (χ4n) is 8.66. The van der Waals surface area contributed by atoms with Crippen LogP contribution in [0.2, 0.25) is 0 Å². The van der Waals surface area contributed by atoms with E-state index in [4.69, 9.17) is 4.98 Å². The molecule has 0 saturated heterocycles. The fraction of sp³-hybridized carbons (Fsp3) is 0.128. The first-order chi connectivity index (χ1) is 24.8. The fourth-order valence-corrected chi connectivity index (χ4v) is 8.66. The second-order valence-corrected chi connectivity index (χ2v) is 13.8. The van der Waals surface area contributed by atoms with Gasteiger partial charge >= 0.3 is 0 Å². The second kappa shape index (κ2) is 11.9. The topological polar surface area (TPSA) is 21.1 Å². The first-order valence-corrected chi connectivity index (χ1v) is 17.9. The van der Waals surface area contributed by atoms with E-state index in [-0.39, 0.29) is 0 Å². The zero-order valence-corrected chi connectivity index (χ0v) is 27.9. The van der Waals surface area contributed by atoms with Gasteiger partial charge in [0.15, 0.2) is 0 Å². The molecule has 3 aliphatic rings. The van der Waals surface area contributed by atoms with E-state index >= 15 is 0 Å². The lowest BCUT2D eigenvalue weighted by atomic mass is 9.79. The molecule has 3 unspecified atom stereocenters. The molecule has 3 heterocycles. The van der Waals surface area contributed by atoms with Gasteiger partial charge < -0.3 is 4.90 Å². The number of nitrogens with zero attached hydrogens (tertiary/aromatic N) is 3. The van der Waals surface area contributed by atoms with Crippen molar-refractivity contribution in [3.05, 3.63) is 187 Å². The predicted molar refractivity (Wildman–Crippen MR) is 208 cm³/mol. The number of fused-ring (bicyclic) bond motifs is 6. The maximum Gasteiger partial charge on any atom is 0.138 e. The Labute approximate surface area is 293 Å². The Hall–Kier alpha value is -5.93. The van der Waals surface area contributed by atoms with Crippen LogP contribution in [0.25, 0.3) is 44.5 Å². The Kier molecular flexibility index (Phi) is 6.90. The predicted octanol–water partition coefficient (Wildman–Crippen LogP) is 11.9. The molecule has 7 aromatic rings. The van der Waals surface area contributed by atoms with E-state index in [0.717, 1.165) is 36.3 Å². The Morgan fingerprint density at radius 3 is 2.28 bits per heavy atom. The molecule has 3 nitrogen and oxygen atoms in total. The van der Waals surface area contributed by atoms with Gasteiger partial charge in [0.1, 0.15) is 5.82 Å². The highest BCUT2D eigenvalue weighted by molar-refractivity contribution is 6.09. The molecule has 0 radical (unpaired) electrons. The van der Waals surface area contributed by atoms with Gasteiger partial charge in [0.05, 0.1) is 16.7 Å². The summed E-state index contributed by atoms with van der Waals surface area (Å²) in [5.41, 5.74) is 12.5. The van der Waals surface area contributed by atoms with Crippen molar-refractivity contribution in [1.29, 1.82) is 0 Å². The van der Waals surface area contributed by atoms with Crippen molar-refractivity contribution in [2.45, 2.75) is 37.1 Å². The number of allylic oxidation sites excluding steroid dienone is 5. The molecule has 240 valence electrons. The summed E-state index contributed by atoms with van der Waals surface area (Å²) in [4.78, 5) is 7.98. The number of benzene rings is 5. The minimum absolute atomic E-state index is 0.297. The highest BCUT2D eigenvalue weighted by Crippen LogP contribution is 2.51. The number of para-hydroxylation sites is 3. The third-order valence-corrected chi connectivity index (χ3v) is 11.0. The van der Waals surface area contributed by atoms with Crippen LogP contribution in [0.15, 0.2) is 170 Å². The van der Waals surface area contributed by atoms with Crippen LogP contribution in [-0.4, -0.2) is 15.6 Å². The lowest BCUT2D eigenvalue weighted by molar-refractivity contribution is 0.527. The summed E-state index contributed by atoms with van der Waals surface area (Å²) in [5.74, 6) is 1.64. The normalized spacial score (nSPS) is 19.5.